The fourth-order valence-electron chi connectivity index (χ4n) is 3.85. The van der Waals surface area contributed by atoms with Crippen molar-refractivity contribution in [1.29, 1.82) is 0 Å². The molecule has 8 nitrogen and oxygen atoms in total. The number of fused-ring (bicyclic) bond motifs is 1. The van der Waals surface area contributed by atoms with Gasteiger partial charge >= 0.3 is 0 Å². The second-order valence-electron chi connectivity index (χ2n) is 7.04. The molecule has 27 heavy (non-hydrogen) atoms. The first kappa shape index (κ1) is 16.4. The van der Waals surface area contributed by atoms with E-state index in [9.17, 15) is 0 Å². The van der Waals surface area contributed by atoms with Crippen molar-refractivity contribution in [3.8, 4) is 5.95 Å². The molecule has 0 aromatic carbocycles. The van der Waals surface area contributed by atoms with Crippen LogP contribution in [0.25, 0.3) is 22.7 Å². The predicted octanol–water partition coefficient (Wildman–Crippen LogP) is 2.34. The van der Waals surface area contributed by atoms with Gasteiger partial charge in [0, 0.05) is 32.5 Å². The summed E-state index contributed by atoms with van der Waals surface area (Å²) in [5.74, 6) is 2.44. The van der Waals surface area contributed by atoms with Gasteiger partial charge in [0.25, 0.3) is 5.95 Å². The van der Waals surface area contributed by atoms with Gasteiger partial charge in [-0.25, -0.2) is 9.67 Å². The lowest BCUT2D eigenvalue weighted by Gasteiger charge is -2.28. The van der Waals surface area contributed by atoms with Gasteiger partial charge in [0.1, 0.15) is 5.82 Å². The van der Waals surface area contributed by atoms with Crippen molar-refractivity contribution in [2.45, 2.75) is 25.7 Å². The Hall–Kier alpha value is -2.74. The molecule has 3 aromatic heterocycles. The molecule has 0 atom stereocenters. The summed E-state index contributed by atoms with van der Waals surface area (Å²) >= 11 is 0. The second kappa shape index (κ2) is 6.77. The maximum absolute atomic E-state index is 5.52. The molecule has 0 radical (unpaired) electrons. The zero-order valence-corrected chi connectivity index (χ0v) is 15.5. The number of hydrogen-bond acceptors (Lipinski definition) is 6. The summed E-state index contributed by atoms with van der Waals surface area (Å²) in [6.45, 7) is 3.01. The number of imidazole rings is 1. The highest BCUT2D eigenvalue weighted by molar-refractivity contribution is 5.87. The quantitative estimate of drug-likeness (QED) is 0.709. The van der Waals surface area contributed by atoms with Crippen LogP contribution in [0.15, 0.2) is 24.5 Å². The summed E-state index contributed by atoms with van der Waals surface area (Å²) in [4.78, 5) is 16.9. The lowest BCUT2D eigenvalue weighted by Crippen LogP contribution is -2.37. The molecule has 1 aliphatic heterocycles. The molecular weight excluding hydrogens is 342 g/mol. The zero-order valence-electron chi connectivity index (χ0n) is 15.5. The van der Waals surface area contributed by atoms with E-state index in [-0.39, 0.29) is 0 Å². The van der Waals surface area contributed by atoms with Gasteiger partial charge in [-0.15, -0.1) is 0 Å². The molecule has 1 saturated heterocycles. The second-order valence-corrected chi connectivity index (χ2v) is 7.04. The lowest BCUT2D eigenvalue weighted by molar-refractivity contribution is 0.122. The zero-order chi connectivity index (χ0) is 18.2. The fraction of sp³-hybridized carbons (Fsp3) is 0.474. The molecule has 2 aliphatic rings. The van der Waals surface area contributed by atoms with Crippen molar-refractivity contribution < 1.29 is 4.74 Å². The Morgan fingerprint density at radius 3 is 2.70 bits per heavy atom. The number of aromatic nitrogens is 6. The van der Waals surface area contributed by atoms with Gasteiger partial charge in [-0.05, 0) is 37.3 Å². The van der Waals surface area contributed by atoms with Gasteiger partial charge in [0.05, 0.1) is 13.2 Å². The third-order valence-electron chi connectivity index (χ3n) is 5.29. The maximum Gasteiger partial charge on any atom is 0.254 e. The molecule has 4 heterocycles. The Balaban J connectivity index is 1.70. The van der Waals surface area contributed by atoms with Crippen molar-refractivity contribution in [1.82, 2.24) is 29.3 Å². The van der Waals surface area contributed by atoms with Crippen molar-refractivity contribution in [2.24, 2.45) is 7.05 Å². The summed E-state index contributed by atoms with van der Waals surface area (Å²) in [6, 6.07) is 1.88. The Kier molecular flexibility index (Phi) is 4.12. The molecule has 0 amide bonds. The Bertz CT molecular complexity index is 983. The van der Waals surface area contributed by atoms with Crippen molar-refractivity contribution in [2.75, 3.05) is 31.2 Å². The Morgan fingerprint density at radius 1 is 1.07 bits per heavy atom. The molecule has 0 unspecified atom stereocenters. The molecule has 8 heteroatoms. The monoisotopic (exact) mass is 365 g/mol. The first-order chi connectivity index (χ1) is 13.3. The van der Waals surface area contributed by atoms with Gasteiger partial charge < -0.3 is 14.2 Å². The molecular formula is C19H23N7O. The van der Waals surface area contributed by atoms with Crippen LogP contribution >= 0.6 is 0 Å². The van der Waals surface area contributed by atoms with Crippen LogP contribution in [0.1, 0.15) is 31.5 Å². The molecule has 1 aliphatic carbocycles. The number of aryl methyl sites for hydroxylation is 1. The van der Waals surface area contributed by atoms with Crippen molar-refractivity contribution in [3.05, 3.63) is 30.4 Å². The molecule has 0 N–H and O–H groups in total. The smallest absolute Gasteiger partial charge is 0.254 e. The number of ether oxygens (including phenoxy) is 1. The van der Waals surface area contributed by atoms with Crippen LogP contribution in [0, 0.1) is 0 Å². The first-order valence-corrected chi connectivity index (χ1v) is 9.58. The molecule has 1 fully saturated rings. The predicted molar refractivity (Wildman–Crippen MR) is 103 cm³/mol. The van der Waals surface area contributed by atoms with E-state index < -0.39 is 0 Å². The third kappa shape index (κ3) is 2.90. The summed E-state index contributed by atoms with van der Waals surface area (Å²) in [7, 11) is 2.04. The summed E-state index contributed by atoms with van der Waals surface area (Å²) in [5.41, 5.74) is 3.02. The van der Waals surface area contributed by atoms with E-state index >= 15 is 0 Å². The molecule has 0 saturated carbocycles. The number of nitrogens with zero attached hydrogens (tertiary/aromatic N) is 7. The minimum absolute atomic E-state index is 0.571. The SMILES string of the molecule is Cn1c(C2=CCCCC2)nc2c(N3CCOCC3)nc(-n3cccn3)nc21. The molecule has 140 valence electrons. The number of anilines is 1. The lowest BCUT2D eigenvalue weighted by atomic mass is 9.99. The maximum atomic E-state index is 5.52. The van der Waals surface area contributed by atoms with E-state index in [4.69, 9.17) is 19.7 Å². The molecule has 3 aromatic rings. The first-order valence-electron chi connectivity index (χ1n) is 9.58. The number of morpholine rings is 1. The number of hydrogen-bond donors (Lipinski definition) is 0. The van der Waals surface area contributed by atoms with Crippen molar-refractivity contribution >= 4 is 22.6 Å². The van der Waals surface area contributed by atoms with E-state index in [1.165, 1.54) is 18.4 Å². The average Bonchev–Trinajstić information content (AvgIpc) is 3.37. The van der Waals surface area contributed by atoms with Crippen LogP contribution in [0.5, 0.6) is 0 Å². The normalized spacial score (nSPS) is 18.1. The highest BCUT2D eigenvalue weighted by atomic mass is 16.5. The van der Waals surface area contributed by atoms with Crippen LogP contribution in [0.4, 0.5) is 5.82 Å². The molecule has 0 bridgehead atoms. The highest BCUT2D eigenvalue weighted by Crippen LogP contribution is 2.31. The van der Waals surface area contributed by atoms with Crippen LogP contribution < -0.4 is 4.90 Å². The topological polar surface area (TPSA) is 73.9 Å². The van der Waals surface area contributed by atoms with Gasteiger partial charge in [-0.2, -0.15) is 15.1 Å². The average molecular weight is 365 g/mol. The van der Waals surface area contributed by atoms with Gasteiger partial charge in [-0.1, -0.05) is 6.08 Å². The standard InChI is InChI=1S/C19H23N7O/c1-24-16(14-6-3-2-4-7-14)21-15-17(24)22-19(26-9-5-8-20-26)23-18(15)25-10-12-27-13-11-25/h5-6,8-9H,2-4,7,10-13H2,1H3. The largest absolute Gasteiger partial charge is 0.378 e. The van der Waals surface area contributed by atoms with Crippen LogP contribution in [0.3, 0.4) is 0 Å². The van der Waals surface area contributed by atoms with Crippen molar-refractivity contribution in [3.63, 3.8) is 0 Å². The summed E-state index contributed by atoms with van der Waals surface area (Å²) < 4.78 is 9.33. The highest BCUT2D eigenvalue weighted by Gasteiger charge is 2.24. The number of allylic oxidation sites excluding steroid dienone is 2. The Labute approximate surface area is 157 Å². The molecule has 0 spiro atoms. The molecule has 5 rings (SSSR count). The van der Waals surface area contributed by atoms with E-state index in [0.717, 1.165) is 48.7 Å². The van der Waals surface area contributed by atoms with Gasteiger partial charge in [0.2, 0.25) is 0 Å². The third-order valence-corrected chi connectivity index (χ3v) is 5.29. The number of rotatable bonds is 3. The summed E-state index contributed by atoms with van der Waals surface area (Å²) in [6.07, 6.45) is 10.6. The van der Waals surface area contributed by atoms with E-state index in [0.29, 0.717) is 19.2 Å². The van der Waals surface area contributed by atoms with Crippen LogP contribution in [-0.2, 0) is 11.8 Å². The minimum Gasteiger partial charge on any atom is -0.378 e. The van der Waals surface area contributed by atoms with E-state index in [2.05, 4.69) is 20.6 Å². The Morgan fingerprint density at radius 2 is 1.96 bits per heavy atom. The van der Waals surface area contributed by atoms with E-state index in [1.54, 1.807) is 10.9 Å². The fourth-order valence-corrected chi connectivity index (χ4v) is 3.85. The van der Waals surface area contributed by atoms with Crippen LogP contribution in [0.2, 0.25) is 0 Å². The minimum atomic E-state index is 0.571. The van der Waals surface area contributed by atoms with Gasteiger partial charge in [0.15, 0.2) is 17.0 Å². The summed E-state index contributed by atoms with van der Waals surface area (Å²) in [5, 5.41) is 4.31. The van der Waals surface area contributed by atoms with E-state index in [1.807, 2.05) is 19.3 Å². The van der Waals surface area contributed by atoms with Gasteiger partial charge in [-0.3, -0.25) is 0 Å². The van der Waals surface area contributed by atoms with Crippen LogP contribution in [-0.4, -0.2) is 55.6 Å².